The van der Waals surface area contributed by atoms with Crippen molar-refractivity contribution in [3.05, 3.63) is 65.2 Å². The third-order valence-electron chi connectivity index (χ3n) is 5.88. The van der Waals surface area contributed by atoms with Crippen molar-refractivity contribution in [3.8, 4) is 17.1 Å². The number of nitrogens with zero attached hydrogens (tertiary/aromatic N) is 6. The first-order chi connectivity index (χ1) is 15.9. The van der Waals surface area contributed by atoms with E-state index in [4.69, 9.17) is 5.10 Å². The van der Waals surface area contributed by atoms with E-state index in [0.29, 0.717) is 17.6 Å². The first-order valence-corrected chi connectivity index (χ1v) is 11.0. The predicted octanol–water partition coefficient (Wildman–Crippen LogP) is 5.54. The van der Waals surface area contributed by atoms with Crippen LogP contribution in [0, 0.1) is 26.7 Å². The summed E-state index contributed by atoms with van der Waals surface area (Å²) in [5.74, 6) is 2.75. The van der Waals surface area contributed by atoms with Crippen molar-refractivity contribution in [2.45, 2.75) is 46.6 Å². The smallest absolute Gasteiger partial charge is 0.263 e. The Bertz CT molecular complexity index is 1290. The van der Waals surface area contributed by atoms with Gasteiger partial charge in [-0.3, -0.25) is 0 Å². The number of nitrogens with one attached hydrogen (secondary N) is 1. The van der Waals surface area contributed by atoms with Gasteiger partial charge in [0.1, 0.15) is 18.0 Å². The lowest BCUT2D eigenvalue weighted by Crippen LogP contribution is -2.09. The van der Waals surface area contributed by atoms with Gasteiger partial charge in [0.25, 0.3) is 6.43 Å². The van der Waals surface area contributed by atoms with E-state index < -0.39 is 6.43 Å². The molecule has 3 aromatic heterocycles. The number of aromatic nitrogens is 6. The average molecular weight is 450 g/mol. The molecule has 9 heteroatoms. The lowest BCUT2D eigenvalue weighted by Gasteiger charge is -2.11. The van der Waals surface area contributed by atoms with E-state index in [1.54, 1.807) is 16.8 Å². The van der Waals surface area contributed by atoms with Crippen LogP contribution in [-0.4, -0.2) is 29.5 Å². The molecule has 0 bridgehead atoms. The molecule has 0 spiro atoms. The van der Waals surface area contributed by atoms with Gasteiger partial charge in [0.15, 0.2) is 5.82 Å². The first-order valence-electron chi connectivity index (χ1n) is 11.0. The monoisotopic (exact) mass is 449 g/mol. The molecule has 0 aliphatic heterocycles. The second-order valence-electron chi connectivity index (χ2n) is 8.60. The zero-order valence-corrected chi connectivity index (χ0v) is 18.8. The van der Waals surface area contributed by atoms with Gasteiger partial charge >= 0.3 is 0 Å². The van der Waals surface area contributed by atoms with Gasteiger partial charge in [0.2, 0.25) is 0 Å². The molecule has 170 valence electrons. The van der Waals surface area contributed by atoms with Gasteiger partial charge in [-0.15, -0.1) is 0 Å². The van der Waals surface area contributed by atoms with Gasteiger partial charge in [-0.05, 0) is 45.6 Å². The van der Waals surface area contributed by atoms with Crippen LogP contribution >= 0.6 is 0 Å². The van der Waals surface area contributed by atoms with Gasteiger partial charge in [-0.25, -0.2) is 28.1 Å². The molecule has 3 heterocycles. The van der Waals surface area contributed by atoms with E-state index in [0.717, 1.165) is 40.6 Å². The van der Waals surface area contributed by atoms with Crippen molar-refractivity contribution < 1.29 is 8.78 Å². The van der Waals surface area contributed by atoms with Crippen LogP contribution in [0.3, 0.4) is 0 Å². The number of anilines is 2. The maximum absolute atomic E-state index is 13.0. The van der Waals surface area contributed by atoms with E-state index in [2.05, 4.69) is 20.4 Å². The Morgan fingerprint density at radius 3 is 2.42 bits per heavy atom. The highest BCUT2D eigenvalue weighted by molar-refractivity contribution is 5.71. The predicted molar refractivity (Wildman–Crippen MR) is 122 cm³/mol. The molecule has 0 unspecified atom stereocenters. The van der Waals surface area contributed by atoms with Crippen molar-refractivity contribution in [3.63, 3.8) is 0 Å². The Balaban J connectivity index is 1.50. The lowest BCUT2D eigenvalue weighted by atomic mass is 10.1. The molecule has 1 aliphatic carbocycles. The summed E-state index contributed by atoms with van der Waals surface area (Å²) < 4.78 is 29.7. The molecule has 1 aromatic carbocycles. The highest BCUT2D eigenvalue weighted by Crippen LogP contribution is 2.36. The molecule has 0 radical (unpaired) electrons. The maximum atomic E-state index is 13.0. The number of halogens is 2. The van der Waals surface area contributed by atoms with Gasteiger partial charge in [-0.2, -0.15) is 10.2 Å². The summed E-state index contributed by atoms with van der Waals surface area (Å²) in [7, 11) is 0. The summed E-state index contributed by atoms with van der Waals surface area (Å²) in [6.07, 6.45) is 1.40. The second-order valence-corrected chi connectivity index (χ2v) is 8.60. The molecule has 7 nitrogen and oxygen atoms in total. The number of hydrogen-bond acceptors (Lipinski definition) is 5. The Labute approximate surface area is 190 Å². The zero-order chi connectivity index (χ0) is 23.1. The van der Waals surface area contributed by atoms with Crippen molar-refractivity contribution in [2.24, 2.45) is 5.92 Å². The largest absolute Gasteiger partial charge is 0.325 e. The number of rotatable bonds is 7. The number of alkyl halides is 2. The fourth-order valence-electron chi connectivity index (χ4n) is 3.96. The summed E-state index contributed by atoms with van der Waals surface area (Å²) in [5.41, 5.74) is 4.42. The minimum atomic E-state index is -2.49. The highest BCUT2D eigenvalue weighted by atomic mass is 19.3. The fourth-order valence-corrected chi connectivity index (χ4v) is 3.96. The minimum Gasteiger partial charge on any atom is -0.325 e. The highest BCUT2D eigenvalue weighted by Gasteiger charge is 2.26. The SMILES string of the molecule is Cc1cc(C)n(-c2cc(Nc3c(C)c(-c4ccc(C(F)F)cc4)nn3CC3CC3)ncn2)n1. The van der Waals surface area contributed by atoms with Crippen LogP contribution in [0.5, 0.6) is 0 Å². The molecule has 5 rings (SSSR count). The van der Waals surface area contributed by atoms with Crippen LogP contribution in [0.4, 0.5) is 20.4 Å². The van der Waals surface area contributed by atoms with Gasteiger partial charge in [-0.1, -0.05) is 24.3 Å². The van der Waals surface area contributed by atoms with Gasteiger partial charge in [0, 0.05) is 35.0 Å². The Morgan fingerprint density at radius 2 is 1.79 bits per heavy atom. The summed E-state index contributed by atoms with van der Waals surface area (Å²) >= 11 is 0. The van der Waals surface area contributed by atoms with Gasteiger partial charge < -0.3 is 5.32 Å². The summed E-state index contributed by atoms with van der Waals surface area (Å²) in [6.45, 7) is 6.71. The Morgan fingerprint density at radius 1 is 1.03 bits per heavy atom. The van der Waals surface area contributed by atoms with Crippen molar-refractivity contribution in [1.29, 1.82) is 0 Å². The van der Waals surface area contributed by atoms with Crippen molar-refractivity contribution in [1.82, 2.24) is 29.5 Å². The standard InChI is InChI=1S/C24H25F2N7/c1-14-10-15(2)33(30-14)21-11-20(27-13-28-21)29-24-16(3)22(31-32(24)12-17-4-5-17)18-6-8-19(9-7-18)23(25)26/h6-11,13,17,23H,4-5,12H2,1-3H3,(H,27,28,29). The number of benzene rings is 1. The van der Waals surface area contributed by atoms with E-state index in [-0.39, 0.29) is 5.56 Å². The molecule has 1 N–H and O–H groups in total. The molecular formula is C24H25F2N7. The average Bonchev–Trinajstić information content (AvgIpc) is 3.48. The second kappa shape index (κ2) is 8.38. The molecule has 1 saturated carbocycles. The summed E-state index contributed by atoms with van der Waals surface area (Å²) in [4.78, 5) is 8.77. The molecule has 4 aromatic rings. The minimum absolute atomic E-state index is 0.00447. The number of aryl methyl sites for hydroxylation is 2. The Kier molecular flexibility index (Phi) is 5.39. The van der Waals surface area contributed by atoms with Crippen molar-refractivity contribution >= 4 is 11.6 Å². The van der Waals surface area contributed by atoms with Crippen LogP contribution in [0.2, 0.25) is 0 Å². The van der Waals surface area contributed by atoms with Crippen LogP contribution in [-0.2, 0) is 6.54 Å². The van der Waals surface area contributed by atoms with E-state index in [1.165, 1.54) is 31.3 Å². The fraction of sp³-hybridized carbons (Fsp3) is 0.333. The van der Waals surface area contributed by atoms with E-state index >= 15 is 0 Å². The normalized spacial score (nSPS) is 13.6. The van der Waals surface area contributed by atoms with E-state index in [1.807, 2.05) is 37.6 Å². The summed E-state index contributed by atoms with van der Waals surface area (Å²) in [5, 5.41) is 12.8. The van der Waals surface area contributed by atoms with Crippen LogP contribution < -0.4 is 5.32 Å². The molecule has 1 aliphatic rings. The molecule has 0 amide bonds. The third-order valence-corrected chi connectivity index (χ3v) is 5.88. The summed E-state index contributed by atoms with van der Waals surface area (Å²) in [6, 6.07) is 10.2. The lowest BCUT2D eigenvalue weighted by molar-refractivity contribution is 0.151. The quantitative estimate of drug-likeness (QED) is 0.401. The molecule has 0 atom stereocenters. The van der Waals surface area contributed by atoms with Gasteiger partial charge in [0.05, 0.1) is 11.4 Å². The van der Waals surface area contributed by atoms with E-state index in [9.17, 15) is 8.78 Å². The first kappa shape index (κ1) is 21.2. The maximum Gasteiger partial charge on any atom is 0.263 e. The molecular weight excluding hydrogens is 424 g/mol. The van der Waals surface area contributed by atoms with Crippen LogP contribution in [0.25, 0.3) is 17.1 Å². The zero-order valence-electron chi connectivity index (χ0n) is 18.8. The van der Waals surface area contributed by atoms with Crippen LogP contribution in [0.1, 0.15) is 41.8 Å². The molecule has 33 heavy (non-hydrogen) atoms. The molecule has 0 saturated heterocycles. The number of hydrogen-bond donors (Lipinski definition) is 1. The third kappa shape index (κ3) is 4.35. The molecule has 1 fully saturated rings. The Hall–Kier alpha value is -3.62. The topological polar surface area (TPSA) is 73.5 Å². The van der Waals surface area contributed by atoms with Crippen molar-refractivity contribution in [2.75, 3.05) is 5.32 Å². The van der Waals surface area contributed by atoms with Crippen LogP contribution in [0.15, 0.2) is 42.7 Å².